The number of nitrogens with zero attached hydrogens (tertiary/aromatic N) is 2. The van der Waals surface area contributed by atoms with E-state index in [1.807, 2.05) is 0 Å². The Bertz CT molecular complexity index is 1050. The lowest BCUT2D eigenvalue weighted by atomic mass is 10.2. The van der Waals surface area contributed by atoms with Crippen LogP contribution in [0.1, 0.15) is 24.6 Å². The fraction of sp³-hybridized carbons (Fsp3) is 0.375. The first-order valence-electron chi connectivity index (χ1n) is 8.65. The summed E-state index contributed by atoms with van der Waals surface area (Å²) in [4.78, 5) is 11.8. The van der Waals surface area contributed by atoms with Gasteiger partial charge >= 0.3 is 0 Å². The van der Waals surface area contributed by atoms with Gasteiger partial charge in [0.15, 0.2) is 16.6 Å². The Morgan fingerprint density at radius 3 is 2.71 bits per heavy atom. The second kappa shape index (κ2) is 10.6. The molecule has 31 heavy (non-hydrogen) atoms. The summed E-state index contributed by atoms with van der Waals surface area (Å²) in [6.45, 7) is 1.58. The highest BCUT2D eigenvalue weighted by Gasteiger charge is 2.20. The Kier molecular flexibility index (Phi) is 8.41. The Labute approximate surface area is 179 Å². The van der Waals surface area contributed by atoms with Gasteiger partial charge < -0.3 is 10.6 Å². The van der Waals surface area contributed by atoms with Gasteiger partial charge in [-0.2, -0.15) is 0 Å². The van der Waals surface area contributed by atoms with Gasteiger partial charge in [-0.05, 0) is 28.5 Å². The first kappa shape index (κ1) is 24.6. The van der Waals surface area contributed by atoms with Crippen LogP contribution in [-0.4, -0.2) is 48.5 Å². The third kappa shape index (κ3) is 7.52. The summed E-state index contributed by atoms with van der Waals surface area (Å²) in [5.41, 5.74) is -0.767. The normalized spacial score (nSPS) is 12.6. The SMILES string of the molecule is C[C@H](CS(N)(=O)=O)C(=O)NCCSc1nonc1C(=N)Nc1ccc(F)c(C(F)F)c1. The maximum Gasteiger partial charge on any atom is 0.266 e. The van der Waals surface area contributed by atoms with E-state index in [2.05, 4.69) is 25.6 Å². The highest BCUT2D eigenvalue weighted by Crippen LogP contribution is 2.26. The highest BCUT2D eigenvalue weighted by atomic mass is 32.2. The largest absolute Gasteiger partial charge is 0.355 e. The van der Waals surface area contributed by atoms with Gasteiger partial charge in [0.05, 0.1) is 17.2 Å². The van der Waals surface area contributed by atoms with E-state index in [9.17, 15) is 26.4 Å². The predicted octanol–water partition coefficient (Wildman–Crippen LogP) is 1.72. The smallest absolute Gasteiger partial charge is 0.266 e. The van der Waals surface area contributed by atoms with E-state index in [4.69, 9.17) is 10.5 Å². The number of thioether (sulfide) groups is 1. The first-order chi connectivity index (χ1) is 14.5. The van der Waals surface area contributed by atoms with Crippen molar-refractivity contribution in [3.63, 3.8) is 0 Å². The lowest BCUT2D eigenvalue weighted by Crippen LogP contribution is -2.35. The van der Waals surface area contributed by atoms with Crippen LogP contribution in [-0.2, 0) is 14.8 Å². The van der Waals surface area contributed by atoms with Crippen LogP contribution in [0.3, 0.4) is 0 Å². The molecule has 10 nitrogen and oxygen atoms in total. The number of amides is 1. The molecule has 1 atom stereocenters. The maximum absolute atomic E-state index is 13.4. The molecule has 1 aromatic heterocycles. The van der Waals surface area contributed by atoms with Crippen LogP contribution < -0.4 is 15.8 Å². The molecular formula is C16H19F3N6O4S2. The fourth-order valence-corrected chi connectivity index (χ4v) is 3.95. The summed E-state index contributed by atoms with van der Waals surface area (Å²) >= 11 is 1.08. The third-order valence-corrected chi connectivity index (χ3v) is 5.68. The van der Waals surface area contributed by atoms with Gasteiger partial charge in [0, 0.05) is 18.0 Å². The zero-order valence-electron chi connectivity index (χ0n) is 16.1. The van der Waals surface area contributed by atoms with Crippen molar-refractivity contribution in [2.24, 2.45) is 11.1 Å². The number of nitrogens with one attached hydrogen (secondary N) is 3. The second-order valence-electron chi connectivity index (χ2n) is 6.33. The van der Waals surface area contributed by atoms with Crippen LogP contribution in [0.4, 0.5) is 18.9 Å². The molecule has 0 bridgehead atoms. The summed E-state index contributed by atoms with van der Waals surface area (Å²) < 4.78 is 65.7. The van der Waals surface area contributed by atoms with Gasteiger partial charge in [-0.15, -0.1) is 0 Å². The number of carbonyl (C=O) groups is 1. The Balaban J connectivity index is 1.90. The third-order valence-electron chi connectivity index (χ3n) is 3.77. The van der Waals surface area contributed by atoms with Gasteiger partial charge in [0.1, 0.15) is 5.82 Å². The van der Waals surface area contributed by atoms with Crippen molar-refractivity contribution in [2.45, 2.75) is 18.4 Å². The average molecular weight is 480 g/mol. The molecule has 0 spiro atoms. The molecule has 0 saturated heterocycles. The van der Waals surface area contributed by atoms with Crippen molar-refractivity contribution in [3.05, 3.63) is 35.3 Å². The van der Waals surface area contributed by atoms with Gasteiger partial charge in [-0.25, -0.2) is 31.4 Å². The molecule has 0 saturated carbocycles. The number of carbonyl (C=O) groups excluding carboxylic acids is 1. The number of anilines is 1. The molecule has 0 aliphatic carbocycles. The molecule has 0 aliphatic rings. The average Bonchev–Trinajstić information content (AvgIpc) is 3.13. The van der Waals surface area contributed by atoms with E-state index in [0.717, 1.165) is 23.9 Å². The number of benzene rings is 1. The number of alkyl halides is 2. The van der Waals surface area contributed by atoms with E-state index in [-0.39, 0.29) is 34.5 Å². The number of hydrogen-bond acceptors (Lipinski definition) is 8. The highest BCUT2D eigenvalue weighted by molar-refractivity contribution is 7.99. The molecule has 170 valence electrons. The monoisotopic (exact) mass is 480 g/mol. The minimum atomic E-state index is -3.78. The van der Waals surface area contributed by atoms with E-state index < -0.39 is 45.4 Å². The Morgan fingerprint density at radius 1 is 1.35 bits per heavy atom. The van der Waals surface area contributed by atoms with Gasteiger partial charge in [-0.1, -0.05) is 18.7 Å². The minimum Gasteiger partial charge on any atom is -0.355 e. The van der Waals surface area contributed by atoms with Crippen LogP contribution in [0, 0.1) is 17.1 Å². The minimum absolute atomic E-state index is 0.0122. The van der Waals surface area contributed by atoms with Crippen molar-refractivity contribution in [1.82, 2.24) is 15.6 Å². The molecule has 1 heterocycles. The van der Waals surface area contributed by atoms with Crippen LogP contribution >= 0.6 is 11.8 Å². The van der Waals surface area contributed by atoms with E-state index in [1.54, 1.807) is 0 Å². The Hall–Kier alpha value is -2.65. The number of sulfonamides is 1. The number of halogens is 3. The summed E-state index contributed by atoms with van der Waals surface area (Å²) in [7, 11) is -3.78. The zero-order valence-corrected chi connectivity index (χ0v) is 17.7. The van der Waals surface area contributed by atoms with Gasteiger partial charge in [-0.3, -0.25) is 10.2 Å². The maximum atomic E-state index is 13.4. The van der Waals surface area contributed by atoms with Crippen LogP contribution in [0.5, 0.6) is 0 Å². The predicted molar refractivity (Wildman–Crippen MR) is 107 cm³/mol. The lowest BCUT2D eigenvalue weighted by Gasteiger charge is -2.11. The first-order valence-corrected chi connectivity index (χ1v) is 11.3. The van der Waals surface area contributed by atoms with Crippen LogP contribution in [0.15, 0.2) is 27.9 Å². The van der Waals surface area contributed by atoms with Crippen molar-refractivity contribution >= 4 is 39.2 Å². The molecule has 0 unspecified atom stereocenters. The standard InChI is InChI=1S/C16H19F3N6O4S2/c1-8(7-31(21,27)28)15(26)22-4-5-30-16-12(24-29-25-16)14(20)23-9-2-3-11(17)10(6-9)13(18)19/h2-3,6,8,13H,4-5,7H2,1H3,(H2,20,23)(H,22,26)(H2,21,27,28)/t8-/m1/s1. The van der Waals surface area contributed by atoms with Gasteiger partial charge in [0.25, 0.3) is 6.43 Å². The molecule has 1 aromatic carbocycles. The number of primary sulfonamides is 1. The molecule has 2 rings (SSSR count). The molecule has 1 amide bonds. The van der Waals surface area contributed by atoms with Crippen molar-refractivity contribution in [3.8, 4) is 0 Å². The van der Waals surface area contributed by atoms with Crippen LogP contribution in [0.25, 0.3) is 0 Å². The van der Waals surface area contributed by atoms with E-state index in [0.29, 0.717) is 0 Å². The summed E-state index contributed by atoms with van der Waals surface area (Å²) in [6.07, 6.45) is -3.02. The number of aromatic nitrogens is 2. The molecular weight excluding hydrogens is 461 g/mol. The van der Waals surface area contributed by atoms with Gasteiger partial charge in [0.2, 0.25) is 15.9 Å². The molecule has 0 aliphatic heterocycles. The second-order valence-corrected chi connectivity index (χ2v) is 9.07. The number of amidine groups is 1. The van der Waals surface area contributed by atoms with Crippen molar-refractivity contribution in [2.75, 3.05) is 23.4 Å². The van der Waals surface area contributed by atoms with Crippen molar-refractivity contribution in [1.29, 1.82) is 5.41 Å². The van der Waals surface area contributed by atoms with E-state index in [1.165, 1.54) is 13.0 Å². The number of rotatable bonds is 10. The Morgan fingerprint density at radius 2 is 2.06 bits per heavy atom. The number of hydrogen-bond donors (Lipinski definition) is 4. The van der Waals surface area contributed by atoms with E-state index >= 15 is 0 Å². The number of nitrogens with two attached hydrogens (primary N) is 1. The lowest BCUT2D eigenvalue weighted by molar-refractivity contribution is -0.123. The zero-order chi connectivity index (χ0) is 23.2. The fourth-order valence-electron chi connectivity index (χ4n) is 2.34. The van der Waals surface area contributed by atoms with Crippen LogP contribution in [0.2, 0.25) is 0 Å². The summed E-state index contributed by atoms with van der Waals surface area (Å²) in [5, 5.41) is 25.4. The summed E-state index contributed by atoms with van der Waals surface area (Å²) in [5.74, 6) is -2.89. The molecule has 2 aromatic rings. The summed E-state index contributed by atoms with van der Waals surface area (Å²) in [6, 6.07) is 2.93. The molecule has 5 N–H and O–H groups in total. The molecule has 15 heteroatoms. The molecule has 0 radical (unpaired) electrons. The quantitative estimate of drug-likeness (QED) is 0.173. The topological polar surface area (TPSA) is 164 Å². The molecule has 0 fully saturated rings. The van der Waals surface area contributed by atoms with Crippen molar-refractivity contribution < 1.29 is 31.0 Å².